The molecule has 4 aromatic carbocycles. The summed E-state index contributed by atoms with van der Waals surface area (Å²) < 4.78 is 11.2. The van der Waals surface area contributed by atoms with Gasteiger partial charge in [0.15, 0.2) is 0 Å². The zero-order chi connectivity index (χ0) is 23.8. The van der Waals surface area contributed by atoms with Crippen LogP contribution in [0.5, 0.6) is 23.0 Å². The first kappa shape index (κ1) is 20.5. The van der Waals surface area contributed by atoms with Crippen molar-refractivity contribution in [3.8, 4) is 34.4 Å². The molecule has 10 nitrogen and oxygen atoms in total. The van der Waals surface area contributed by atoms with Crippen molar-refractivity contribution >= 4 is 22.1 Å². The predicted molar refractivity (Wildman–Crippen MR) is 127 cm³/mol. The van der Waals surface area contributed by atoms with Crippen LogP contribution in [0, 0.1) is 0 Å². The van der Waals surface area contributed by atoms with Crippen molar-refractivity contribution in [3.63, 3.8) is 0 Å². The lowest BCUT2D eigenvalue weighted by atomic mass is 10.3. The highest BCUT2D eigenvalue weighted by atomic mass is 16.7. The minimum Gasteiger partial charge on any atom is -0.505 e. The standard InChI is InChI=1S/C25H18N6O4/c32-24-13-16(9-11-22(24)30-26-18-5-1-2-6-19(18)27-30)34-15-35-17-10-12-23(25(33)14-17)31-28-20-7-3-4-8-21(20)29-31/h1-14,32-33H,15H2. The van der Waals surface area contributed by atoms with Gasteiger partial charge in [0.25, 0.3) is 0 Å². The quantitative estimate of drug-likeness (QED) is 0.354. The molecule has 0 bridgehead atoms. The van der Waals surface area contributed by atoms with Crippen LogP contribution in [0.2, 0.25) is 0 Å². The van der Waals surface area contributed by atoms with E-state index in [-0.39, 0.29) is 18.3 Å². The number of hydrogen-bond donors (Lipinski definition) is 2. The molecule has 35 heavy (non-hydrogen) atoms. The second-order valence-electron chi connectivity index (χ2n) is 7.66. The maximum atomic E-state index is 10.4. The second kappa shape index (κ2) is 8.34. The summed E-state index contributed by atoms with van der Waals surface area (Å²) in [4.78, 5) is 2.75. The molecule has 2 aromatic heterocycles. The molecule has 0 unspecified atom stereocenters. The summed E-state index contributed by atoms with van der Waals surface area (Å²) in [6.07, 6.45) is 0. The number of phenols is 2. The van der Waals surface area contributed by atoms with Crippen molar-refractivity contribution in [2.45, 2.75) is 0 Å². The fourth-order valence-corrected chi connectivity index (χ4v) is 3.62. The highest BCUT2D eigenvalue weighted by Crippen LogP contribution is 2.29. The Morgan fingerprint density at radius 2 is 0.914 bits per heavy atom. The van der Waals surface area contributed by atoms with Crippen LogP contribution < -0.4 is 9.47 Å². The number of fused-ring (bicyclic) bond motifs is 2. The Balaban J connectivity index is 1.12. The molecule has 6 aromatic rings. The van der Waals surface area contributed by atoms with Gasteiger partial charge in [-0.3, -0.25) is 0 Å². The third kappa shape index (κ3) is 3.93. The summed E-state index contributed by atoms with van der Waals surface area (Å²) in [6, 6.07) is 24.5. The molecule has 0 amide bonds. The highest BCUT2D eigenvalue weighted by molar-refractivity contribution is 5.74. The normalized spacial score (nSPS) is 11.2. The van der Waals surface area contributed by atoms with Gasteiger partial charge in [-0.2, -0.15) is 0 Å². The number of aromatic hydroxyl groups is 2. The Kier molecular flexibility index (Phi) is 4.88. The molecule has 0 saturated heterocycles. The van der Waals surface area contributed by atoms with Crippen molar-refractivity contribution in [2.24, 2.45) is 0 Å². The van der Waals surface area contributed by atoms with Crippen molar-refractivity contribution < 1.29 is 19.7 Å². The zero-order valence-corrected chi connectivity index (χ0v) is 18.2. The summed E-state index contributed by atoms with van der Waals surface area (Å²) in [7, 11) is 0. The number of hydrogen-bond acceptors (Lipinski definition) is 8. The van der Waals surface area contributed by atoms with E-state index in [1.54, 1.807) is 24.3 Å². The smallest absolute Gasteiger partial charge is 0.230 e. The molecule has 2 heterocycles. The average molecular weight is 466 g/mol. The minimum absolute atomic E-state index is 0.0380. The number of ether oxygens (including phenoxy) is 2. The Morgan fingerprint density at radius 1 is 0.543 bits per heavy atom. The van der Waals surface area contributed by atoms with Gasteiger partial charge in [-0.1, -0.05) is 24.3 Å². The van der Waals surface area contributed by atoms with Crippen molar-refractivity contribution in [1.82, 2.24) is 30.0 Å². The van der Waals surface area contributed by atoms with Crippen LogP contribution in [-0.2, 0) is 0 Å². The SMILES string of the molecule is Oc1cc(OCOc2ccc(-n3nc4ccccc4n3)c(O)c2)ccc1-n1nc2ccccc2n1. The van der Waals surface area contributed by atoms with Crippen LogP contribution in [0.15, 0.2) is 84.9 Å². The molecule has 0 atom stereocenters. The van der Waals surface area contributed by atoms with Crippen LogP contribution in [0.3, 0.4) is 0 Å². The highest BCUT2D eigenvalue weighted by Gasteiger charge is 2.12. The molecule has 0 spiro atoms. The van der Waals surface area contributed by atoms with Crippen LogP contribution in [0.25, 0.3) is 33.4 Å². The van der Waals surface area contributed by atoms with E-state index in [2.05, 4.69) is 20.4 Å². The topological polar surface area (TPSA) is 120 Å². The van der Waals surface area contributed by atoms with E-state index in [0.717, 1.165) is 22.1 Å². The molecule has 0 aliphatic rings. The van der Waals surface area contributed by atoms with Crippen LogP contribution in [-0.4, -0.2) is 47.0 Å². The van der Waals surface area contributed by atoms with Gasteiger partial charge in [0.1, 0.15) is 56.4 Å². The number of benzene rings is 4. The molecule has 6 rings (SSSR count). The summed E-state index contributed by atoms with van der Waals surface area (Å²) in [5.74, 6) is 0.722. The van der Waals surface area contributed by atoms with E-state index in [0.29, 0.717) is 22.9 Å². The van der Waals surface area contributed by atoms with Crippen molar-refractivity contribution in [1.29, 1.82) is 0 Å². The molecule has 0 saturated carbocycles. The van der Waals surface area contributed by atoms with Gasteiger partial charge in [-0.25, -0.2) is 0 Å². The van der Waals surface area contributed by atoms with E-state index in [4.69, 9.17) is 9.47 Å². The number of rotatable bonds is 6. The Hall–Kier alpha value is -5.12. The fourth-order valence-electron chi connectivity index (χ4n) is 3.62. The van der Waals surface area contributed by atoms with E-state index in [1.165, 1.54) is 21.7 Å². The number of nitrogens with zero attached hydrogens (tertiary/aromatic N) is 6. The van der Waals surface area contributed by atoms with Crippen LogP contribution in [0.1, 0.15) is 0 Å². The largest absolute Gasteiger partial charge is 0.505 e. The molecular weight excluding hydrogens is 448 g/mol. The summed E-state index contributed by atoms with van der Waals surface area (Å²) in [5.41, 5.74) is 3.76. The molecule has 0 aliphatic carbocycles. The first-order chi connectivity index (χ1) is 17.1. The van der Waals surface area contributed by atoms with Gasteiger partial charge in [-0.05, 0) is 48.5 Å². The first-order valence-electron chi connectivity index (χ1n) is 10.7. The summed E-state index contributed by atoms with van der Waals surface area (Å²) in [5, 5.41) is 38.4. The lowest BCUT2D eigenvalue weighted by molar-refractivity contribution is 0.119. The lowest BCUT2D eigenvalue weighted by Crippen LogP contribution is -2.06. The molecule has 0 aliphatic heterocycles. The van der Waals surface area contributed by atoms with Crippen molar-refractivity contribution in [3.05, 3.63) is 84.9 Å². The van der Waals surface area contributed by atoms with E-state index >= 15 is 0 Å². The van der Waals surface area contributed by atoms with Gasteiger partial charge in [0, 0.05) is 12.1 Å². The van der Waals surface area contributed by atoms with E-state index in [1.807, 2.05) is 48.5 Å². The van der Waals surface area contributed by atoms with Gasteiger partial charge in [-0.15, -0.1) is 30.0 Å². The minimum atomic E-state index is -0.134. The third-order valence-corrected chi connectivity index (χ3v) is 5.35. The molecular formula is C25H18N6O4. The van der Waals surface area contributed by atoms with Gasteiger partial charge >= 0.3 is 0 Å². The second-order valence-corrected chi connectivity index (χ2v) is 7.66. The predicted octanol–water partition coefficient (Wildman–Crippen LogP) is 3.98. The summed E-state index contributed by atoms with van der Waals surface area (Å²) >= 11 is 0. The zero-order valence-electron chi connectivity index (χ0n) is 18.2. The molecule has 2 N–H and O–H groups in total. The van der Waals surface area contributed by atoms with E-state index < -0.39 is 0 Å². The number of aromatic nitrogens is 6. The molecule has 0 fully saturated rings. The number of phenolic OH excluding ortho intramolecular Hbond substituents is 2. The van der Waals surface area contributed by atoms with Crippen LogP contribution >= 0.6 is 0 Å². The van der Waals surface area contributed by atoms with Gasteiger partial charge < -0.3 is 19.7 Å². The van der Waals surface area contributed by atoms with Crippen LogP contribution in [0.4, 0.5) is 0 Å². The first-order valence-corrected chi connectivity index (χ1v) is 10.7. The van der Waals surface area contributed by atoms with Crippen molar-refractivity contribution in [2.75, 3.05) is 6.79 Å². The van der Waals surface area contributed by atoms with Gasteiger partial charge in [0.05, 0.1) is 0 Å². The monoisotopic (exact) mass is 466 g/mol. The third-order valence-electron chi connectivity index (χ3n) is 5.35. The molecule has 0 radical (unpaired) electrons. The van der Waals surface area contributed by atoms with Gasteiger partial charge in [0.2, 0.25) is 6.79 Å². The lowest BCUT2D eigenvalue weighted by Gasteiger charge is -2.11. The Labute approximate surface area is 198 Å². The molecule has 172 valence electrons. The van der Waals surface area contributed by atoms with E-state index in [9.17, 15) is 10.2 Å². The Bertz CT molecular complexity index is 1490. The fraction of sp³-hybridized carbons (Fsp3) is 0.0400. The Morgan fingerprint density at radius 3 is 1.26 bits per heavy atom. The maximum absolute atomic E-state index is 10.4. The maximum Gasteiger partial charge on any atom is 0.230 e. The summed E-state index contributed by atoms with van der Waals surface area (Å²) in [6.45, 7) is -0.134. The molecule has 10 heteroatoms. The average Bonchev–Trinajstić information content (AvgIpc) is 3.48.